The average molecular weight is 425 g/mol. The van der Waals surface area contributed by atoms with Gasteiger partial charge in [0.05, 0.1) is 6.10 Å². The van der Waals surface area contributed by atoms with Crippen molar-refractivity contribution >= 4 is 0 Å². The van der Waals surface area contributed by atoms with Crippen molar-refractivity contribution in [1.29, 1.82) is 0 Å². The van der Waals surface area contributed by atoms with Crippen LogP contribution < -0.4 is 0 Å². The first-order valence-electron chi connectivity index (χ1n) is 14.0. The Hall–Kier alpha value is -0.820. The molecular formula is C30H48O. The van der Waals surface area contributed by atoms with Crippen LogP contribution in [0.2, 0.25) is 0 Å². The Balaban J connectivity index is 1.25. The summed E-state index contributed by atoms with van der Waals surface area (Å²) in [5.41, 5.74) is 5.02. The zero-order chi connectivity index (χ0) is 21.5. The van der Waals surface area contributed by atoms with E-state index < -0.39 is 0 Å². The number of fused-ring (bicyclic) bond motifs is 2. The lowest BCUT2D eigenvalue weighted by molar-refractivity contribution is -0.0163. The lowest BCUT2D eigenvalue weighted by Gasteiger charge is -2.42. The second kappa shape index (κ2) is 11.9. The first kappa shape index (κ1) is 23.3. The van der Waals surface area contributed by atoms with E-state index in [4.69, 9.17) is 4.74 Å². The van der Waals surface area contributed by atoms with Gasteiger partial charge in [-0.3, -0.25) is 0 Å². The predicted octanol–water partition coefficient (Wildman–Crippen LogP) is 8.63. The molecule has 1 aromatic carbocycles. The summed E-state index contributed by atoms with van der Waals surface area (Å²) in [4.78, 5) is 0. The summed E-state index contributed by atoms with van der Waals surface area (Å²) in [6, 6.07) is 7.65. The smallest absolute Gasteiger partial charge is 0.0578 e. The van der Waals surface area contributed by atoms with E-state index in [0.717, 1.165) is 30.3 Å². The van der Waals surface area contributed by atoms with E-state index in [-0.39, 0.29) is 0 Å². The molecule has 31 heavy (non-hydrogen) atoms. The average Bonchev–Trinajstić information content (AvgIpc) is 2.81. The number of benzene rings is 1. The maximum Gasteiger partial charge on any atom is 0.0578 e. The first-order chi connectivity index (χ1) is 15.3. The Morgan fingerprint density at radius 2 is 1.65 bits per heavy atom. The van der Waals surface area contributed by atoms with Crippen LogP contribution >= 0.6 is 0 Å². The van der Waals surface area contributed by atoms with Gasteiger partial charge in [0.1, 0.15) is 0 Å². The normalized spacial score (nSPS) is 30.6. The quantitative estimate of drug-likeness (QED) is 0.341. The molecule has 0 spiro atoms. The predicted molar refractivity (Wildman–Crippen MR) is 133 cm³/mol. The maximum absolute atomic E-state index is 6.29. The van der Waals surface area contributed by atoms with E-state index in [0.29, 0.717) is 6.10 Å². The number of rotatable bonds is 10. The van der Waals surface area contributed by atoms with Gasteiger partial charge in [-0.1, -0.05) is 70.6 Å². The molecule has 1 heteroatoms. The Bertz CT molecular complexity index is 664. The minimum absolute atomic E-state index is 0.559. The van der Waals surface area contributed by atoms with Gasteiger partial charge < -0.3 is 4.74 Å². The number of aryl methyl sites for hydroxylation is 1. The molecule has 3 aliphatic carbocycles. The fourth-order valence-electron chi connectivity index (χ4n) is 6.92. The molecule has 0 radical (unpaired) electrons. The number of ether oxygens (including phenoxy) is 1. The van der Waals surface area contributed by atoms with Crippen LogP contribution in [0.1, 0.15) is 126 Å². The van der Waals surface area contributed by atoms with Crippen molar-refractivity contribution in [2.75, 3.05) is 6.61 Å². The van der Waals surface area contributed by atoms with Crippen molar-refractivity contribution in [1.82, 2.24) is 0 Å². The van der Waals surface area contributed by atoms with Crippen LogP contribution in [0, 0.1) is 17.8 Å². The zero-order valence-electron chi connectivity index (χ0n) is 20.5. The van der Waals surface area contributed by atoms with E-state index in [1.54, 1.807) is 16.7 Å². The molecule has 0 N–H and O–H groups in total. The van der Waals surface area contributed by atoms with Crippen molar-refractivity contribution in [3.8, 4) is 0 Å². The van der Waals surface area contributed by atoms with Crippen LogP contribution in [0.4, 0.5) is 0 Å². The molecule has 0 heterocycles. The van der Waals surface area contributed by atoms with Gasteiger partial charge in [-0.05, 0) is 105 Å². The third kappa shape index (κ3) is 6.37. The molecule has 5 unspecified atom stereocenters. The van der Waals surface area contributed by atoms with Crippen LogP contribution in [0.3, 0.4) is 0 Å². The molecule has 0 amide bonds. The highest BCUT2D eigenvalue weighted by atomic mass is 16.5. The summed E-state index contributed by atoms with van der Waals surface area (Å²) in [5, 5.41) is 0. The number of hydrogen-bond acceptors (Lipinski definition) is 1. The second-order valence-corrected chi connectivity index (χ2v) is 11.2. The van der Waals surface area contributed by atoms with Gasteiger partial charge in [-0.2, -0.15) is 0 Å². The largest absolute Gasteiger partial charge is 0.378 e. The molecule has 1 nitrogen and oxygen atoms in total. The summed E-state index contributed by atoms with van der Waals surface area (Å²) >= 11 is 0. The van der Waals surface area contributed by atoms with E-state index in [1.807, 2.05) is 0 Å². The van der Waals surface area contributed by atoms with Crippen molar-refractivity contribution in [3.05, 3.63) is 34.9 Å². The third-order valence-electron chi connectivity index (χ3n) is 8.91. The van der Waals surface area contributed by atoms with E-state index in [9.17, 15) is 0 Å². The summed E-state index contributed by atoms with van der Waals surface area (Å²) in [5.74, 6) is 3.64. The fourth-order valence-corrected chi connectivity index (χ4v) is 6.92. The molecule has 3 aliphatic rings. The van der Waals surface area contributed by atoms with E-state index in [2.05, 4.69) is 32.0 Å². The van der Waals surface area contributed by atoms with Crippen LogP contribution in [-0.4, -0.2) is 12.7 Å². The van der Waals surface area contributed by atoms with Crippen molar-refractivity contribution in [2.45, 2.75) is 129 Å². The van der Waals surface area contributed by atoms with Crippen LogP contribution in [-0.2, 0) is 17.6 Å². The summed E-state index contributed by atoms with van der Waals surface area (Å²) in [7, 11) is 0. The minimum Gasteiger partial charge on any atom is -0.378 e. The highest BCUT2D eigenvalue weighted by Crippen LogP contribution is 2.47. The summed E-state index contributed by atoms with van der Waals surface area (Å²) in [6.07, 6.45) is 22.5. The molecular weight excluding hydrogens is 376 g/mol. The Labute approximate surface area is 192 Å². The van der Waals surface area contributed by atoms with Crippen LogP contribution in [0.25, 0.3) is 0 Å². The molecule has 2 fully saturated rings. The van der Waals surface area contributed by atoms with E-state index in [1.165, 1.54) is 103 Å². The molecule has 0 bridgehead atoms. The Morgan fingerprint density at radius 3 is 2.52 bits per heavy atom. The van der Waals surface area contributed by atoms with Crippen LogP contribution in [0.5, 0.6) is 0 Å². The summed E-state index contributed by atoms with van der Waals surface area (Å²) < 4.78 is 6.29. The molecule has 174 valence electrons. The molecule has 0 aromatic heterocycles. The highest BCUT2D eigenvalue weighted by molar-refractivity contribution is 5.36. The lowest BCUT2D eigenvalue weighted by Crippen LogP contribution is -2.34. The molecule has 5 atom stereocenters. The second-order valence-electron chi connectivity index (χ2n) is 11.2. The molecule has 4 rings (SSSR count). The molecule has 1 aromatic rings. The Kier molecular flexibility index (Phi) is 8.94. The molecule has 0 aliphatic heterocycles. The van der Waals surface area contributed by atoms with Gasteiger partial charge in [-0.25, -0.2) is 0 Å². The van der Waals surface area contributed by atoms with Gasteiger partial charge in [0, 0.05) is 6.61 Å². The van der Waals surface area contributed by atoms with Crippen molar-refractivity contribution in [2.24, 2.45) is 17.8 Å². The van der Waals surface area contributed by atoms with Crippen molar-refractivity contribution in [3.63, 3.8) is 0 Å². The van der Waals surface area contributed by atoms with Gasteiger partial charge in [-0.15, -0.1) is 0 Å². The maximum atomic E-state index is 6.29. The monoisotopic (exact) mass is 424 g/mol. The third-order valence-corrected chi connectivity index (χ3v) is 8.91. The highest BCUT2D eigenvalue weighted by Gasteiger charge is 2.36. The van der Waals surface area contributed by atoms with Gasteiger partial charge in [0.2, 0.25) is 0 Å². The van der Waals surface area contributed by atoms with Crippen molar-refractivity contribution < 1.29 is 4.74 Å². The molecule has 0 saturated heterocycles. The number of unbranched alkanes of at least 4 members (excludes halogenated alkanes) is 4. The molecule has 2 saturated carbocycles. The Morgan fingerprint density at radius 1 is 0.806 bits per heavy atom. The van der Waals surface area contributed by atoms with Crippen LogP contribution in [0.15, 0.2) is 18.2 Å². The SMILES string of the molecule is CCCCCCOC1CCC2CC(c3ccc4c(c3)CCC(CCCC)C4)CCC2C1. The topological polar surface area (TPSA) is 9.23 Å². The minimum atomic E-state index is 0.559. The lowest BCUT2D eigenvalue weighted by atomic mass is 9.65. The standard InChI is InChI=1S/C30H48O/c1-3-5-7-8-18-31-30-17-16-28-21-27(14-15-29(28)22-30)26-13-12-24-19-23(9-6-4-2)10-11-25(24)20-26/h12-13,20,23,27-30H,3-11,14-19,21-22H2,1-2H3. The van der Waals surface area contributed by atoms with E-state index >= 15 is 0 Å². The van der Waals surface area contributed by atoms with Gasteiger partial charge in [0.25, 0.3) is 0 Å². The zero-order valence-corrected chi connectivity index (χ0v) is 20.5. The fraction of sp³-hybridized carbons (Fsp3) is 0.800. The van der Waals surface area contributed by atoms with Gasteiger partial charge in [0.15, 0.2) is 0 Å². The first-order valence-corrected chi connectivity index (χ1v) is 14.0. The number of hydrogen-bond donors (Lipinski definition) is 0. The van der Waals surface area contributed by atoms with Gasteiger partial charge >= 0.3 is 0 Å². The summed E-state index contributed by atoms with van der Waals surface area (Å²) in [6.45, 7) is 5.61.